The van der Waals surface area contributed by atoms with Gasteiger partial charge in [-0.15, -0.1) is 0 Å². The molecular weight excluding hydrogens is 496 g/mol. The average Bonchev–Trinajstić information content (AvgIpc) is 2.86. The molecule has 1 atom stereocenters. The van der Waals surface area contributed by atoms with E-state index in [-0.39, 0.29) is 31.4 Å². The number of halogens is 1. The molecule has 1 aromatic heterocycles. The zero-order valence-electron chi connectivity index (χ0n) is 21.1. The summed E-state index contributed by atoms with van der Waals surface area (Å²) >= 11 is 6.12. The molecule has 0 saturated carbocycles. The molecule has 10 heteroatoms. The fourth-order valence-corrected chi connectivity index (χ4v) is 4.82. The lowest BCUT2D eigenvalue weighted by Crippen LogP contribution is -2.49. The van der Waals surface area contributed by atoms with Gasteiger partial charge < -0.3 is 9.64 Å². The molecule has 4 rings (SSSR count). The van der Waals surface area contributed by atoms with Crippen LogP contribution < -0.4 is 11.2 Å². The third-order valence-corrected chi connectivity index (χ3v) is 6.51. The molecule has 37 heavy (non-hydrogen) atoms. The molecule has 1 fully saturated rings. The number of aromatic nitrogens is 3. The maximum atomic E-state index is 13.6. The molecule has 2 aromatic carbocycles. The zero-order valence-corrected chi connectivity index (χ0v) is 21.8. The Balaban J connectivity index is 1.82. The Kier molecular flexibility index (Phi) is 7.92. The van der Waals surface area contributed by atoms with Gasteiger partial charge in [0.2, 0.25) is 5.69 Å². The summed E-state index contributed by atoms with van der Waals surface area (Å²) in [5.74, 6) is -1.47. The minimum absolute atomic E-state index is 0.0860. The van der Waals surface area contributed by atoms with Gasteiger partial charge in [0.05, 0.1) is 24.8 Å². The molecule has 194 valence electrons. The Morgan fingerprint density at radius 3 is 2.51 bits per heavy atom. The van der Waals surface area contributed by atoms with Crippen LogP contribution in [-0.4, -0.2) is 50.8 Å². The van der Waals surface area contributed by atoms with Gasteiger partial charge in [-0.2, -0.15) is 9.78 Å². The van der Waals surface area contributed by atoms with E-state index in [1.54, 1.807) is 43.3 Å². The van der Waals surface area contributed by atoms with Crippen molar-refractivity contribution < 1.29 is 14.3 Å². The molecule has 1 aliphatic heterocycles. The predicted molar refractivity (Wildman–Crippen MR) is 139 cm³/mol. The highest BCUT2D eigenvalue weighted by molar-refractivity contribution is 6.30. The number of esters is 1. The second kappa shape index (κ2) is 11.1. The first-order chi connectivity index (χ1) is 17.7. The van der Waals surface area contributed by atoms with E-state index in [1.165, 1.54) is 4.90 Å². The fourth-order valence-electron chi connectivity index (χ4n) is 4.61. The molecule has 0 radical (unpaired) electrons. The third kappa shape index (κ3) is 5.83. The van der Waals surface area contributed by atoms with Gasteiger partial charge in [-0.25, -0.2) is 4.79 Å². The Bertz CT molecular complexity index is 1440. The highest BCUT2D eigenvalue weighted by Gasteiger charge is 2.32. The van der Waals surface area contributed by atoms with Crippen LogP contribution in [-0.2, 0) is 16.1 Å². The second-order valence-electron chi connectivity index (χ2n) is 9.25. The van der Waals surface area contributed by atoms with E-state index in [0.717, 1.165) is 20.4 Å². The highest BCUT2D eigenvalue weighted by atomic mass is 35.5. The SMILES string of the molecule is CCOC(=O)[C@@H]1CCCN(C(=O)c2nn(-c3cc(C)cc(C)c3)c(=O)n(Cc3cccc(Cl)c3)c2=O)C1. The van der Waals surface area contributed by atoms with Crippen LogP contribution in [0.3, 0.4) is 0 Å². The molecule has 3 aromatic rings. The number of carbonyl (C=O) groups excluding carboxylic acids is 2. The normalized spacial score (nSPS) is 15.5. The summed E-state index contributed by atoms with van der Waals surface area (Å²) in [7, 11) is 0. The Morgan fingerprint density at radius 2 is 1.84 bits per heavy atom. The molecule has 0 N–H and O–H groups in total. The first-order valence-electron chi connectivity index (χ1n) is 12.2. The van der Waals surface area contributed by atoms with E-state index in [0.29, 0.717) is 35.7 Å². The van der Waals surface area contributed by atoms with Gasteiger partial charge in [0.1, 0.15) is 0 Å². The standard InChI is InChI=1S/C27H29ClN4O5/c1-4-37-26(35)20-8-6-10-30(16-20)24(33)23-25(34)31(15-19-7-5-9-21(28)14-19)27(36)32(29-23)22-12-17(2)11-18(3)13-22/h5,7,9,11-14,20H,4,6,8,10,15-16H2,1-3H3/t20-/m1/s1. The first kappa shape index (κ1) is 26.3. The number of rotatable bonds is 6. The van der Waals surface area contributed by atoms with Crippen molar-refractivity contribution in [2.75, 3.05) is 19.7 Å². The maximum Gasteiger partial charge on any atom is 0.352 e. The number of ether oxygens (including phenoxy) is 1. The summed E-state index contributed by atoms with van der Waals surface area (Å²) < 4.78 is 7.22. The summed E-state index contributed by atoms with van der Waals surface area (Å²) in [6.45, 7) is 6.16. The van der Waals surface area contributed by atoms with Crippen LogP contribution in [0, 0.1) is 19.8 Å². The maximum absolute atomic E-state index is 13.6. The summed E-state index contributed by atoms with van der Waals surface area (Å²) in [5, 5.41) is 4.72. The molecule has 1 amide bonds. The van der Waals surface area contributed by atoms with Crippen LogP contribution in [0.5, 0.6) is 0 Å². The van der Waals surface area contributed by atoms with Crippen LogP contribution in [0.25, 0.3) is 5.69 Å². The third-order valence-electron chi connectivity index (χ3n) is 6.27. The van der Waals surface area contributed by atoms with Crippen molar-refractivity contribution in [3.05, 3.63) is 90.7 Å². The number of hydrogen-bond donors (Lipinski definition) is 0. The molecular formula is C27H29ClN4O5. The van der Waals surface area contributed by atoms with Gasteiger partial charge in [0, 0.05) is 18.1 Å². The number of carbonyl (C=O) groups is 2. The lowest BCUT2D eigenvalue weighted by molar-refractivity contribution is -0.149. The van der Waals surface area contributed by atoms with Gasteiger partial charge in [-0.3, -0.25) is 19.0 Å². The van der Waals surface area contributed by atoms with E-state index >= 15 is 0 Å². The smallest absolute Gasteiger partial charge is 0.352 e. The largest absolute Gasteiger partial charge is 0.466 e. The molecule has 1 saturated heterocycles. The minimum Gasteiger partial charge on any atom is -0.466 e. The van der Waals surface area contributed by atoms with E-state index in [4.69, 9.17) is 16.3 Å². The number of nitrogens with zero attached hydrogens (tertiary/aromatic N) is 4. The summed E-state index contributed by atoms with van der Waals surface area (Å²) in [5.41, 5.74) is 1.02. The molecule has 2 heterocycles. The second-order valence-corrected chi connectivity index (χ2v) is 9.69. The van der Waals surface area contributed by atoms with E-state index in [1.807, 2.05) is 19.9 Å². The van der Waals surface area contributed by atoms with Gasteiger partial charge >= 0.3 is 11.7 Å². The lowest BCUT2D eigenvalue weighted by Gasteiger charge is -2.31. The van der Waals surface area contributed by atoms with Crippen molar-refractivity contribution in [2.24, 2.45) is 5.92 Å². The van der Waals surface area contributed by atoms with Gasteiger partial charge in [-0.05, 0) is 74.6 Å². The Labute approximate surface area is 219 Å². The van der Waals surface area contributed by atoms with Gasteiger partial charge in [-0.1, -0.05) is 29.8 Å². The van der Waals surface area contributed by atoms with Crippen LogP contribution in [0.15, 0.2) is 52.1 Å². The van der Waals surface area contributed by atoms with Crippen molar-refractivity contribution >= 4 is 23.5 Å². The summed E-state index contributed by atoms with van der Waals surface area (Å²) in [4.78, 5) is 54.4. The van der Waals surface area contributed by atoms with Crippen LogP contribution in [0.4, 0.5) is 0 Å². The molecule has 0 bridgehead atoms. The van der Waals surface area contributed by atoms with Crippen molar-refractivity contribution in [1.29, 1.82) is 0 Å². The molecule has 0 aliphatic carbocycles. The van der Waals surface area contributed by atoms with E-state index < -0.39 is 23.1 Å². The first-order valence-corrected chi connectivity index (χ1v) is 12.6. The van der Waals surface area contributed by atoms with E-state index in [2.05, 4.69) is 5.10 Å². The predicted octanol–water partition coefficient (Wildman–Crippen LogP) is 3.13. The van der Waals surface area contributed by atoms with E-state index in [9.17, 15) is 19.2 Å². The summed E-state index contributed by atoms with van der Waals surface area (Å²) in [6.07, 6.45) is 1.18. The number of hydrogen-bond acceptors (Lipinski definition) is 6. The fraction of sp³-hybridized carbons (Fsp3) is 0.370. The zero-order chi connectivity index (χ0) is 26.7. The van der Waals surface area contributed by atoms with Crippen LogP contribution in [0.1, 0.15) is 46.9 Å². The number of amides is 1. The van der Waals surface area contributed by atoms with Crippen molar-refractivity contribution in [3.63, 3.8) is 0 Å². The average molecular weight is 525 g/mol. The van der Waals surface area contributed by atoms with Gasteiger partial charge in [0.15, 0.2) is 0 Å². The number of piperidine rings is 1. The quantitative estimate of drug-likeness (QED) is 0.459. The van der Waals surface area contributed by atoms with Gasteiger partial charge in [0.25, 0.3) is 11.5 Å². The Hall–Kier alpha value is -3.72. The monoisotopic (exact) mass is 524 g/mol. The van der Waals surface area contributed by atoms with Crippen molar-refractivity contribution in [3.8, 4) is 5.69 Å². The number of benzene rings is 2. The lowest BCUT2D eigenvalue weighted by atomic mass is 9.98. The minimum atomic E-state index is -0.797. The van der Waals surface area contributed by atoms with Crippen molar-refractivity contribution in [2.45, 2.75) is 40.2 Å². The number of aryl methyl sites for hydroxylation is 2. The van der Waals surface area contributed by atoms with Crippen LogP contribution >= 0.6 is 11.6 Å². The van der Waals surface area contributed by atoms with Crippen molar-refractivity contribution in [1.82, 2.24) is 19.2 Å². The molecule has 0 unspecified atom stereocenters. The number of likely N-dealkylation sites (tertiary alicyclic amines) is 1. The molecule has 1 aliphatic rings. The Morgan fingerprint density at radius 1 is 1.11 bits per heavy atom. The van der Waals surface area contributed by atoms with Crippen LogP contribution in [0.2, 0.25) is 5.02 Å². The molecule has 9 nitrogen and oxygen atoms in total. The highest BCUT2D eigenvalue weighted by Crippen LogP contribution is 2.19. The summed E-state index contributed by atoms with van der Waals surface area (Å²) in [6, 6.07) is 12.3. The topological polar surface area (TPSA) is 104 Å². The molecule has 0 spiro atoms.